The lowest BCUT2D eigenvalue weighted by Gasteiger charge is -2.22. The predicted octanol–water partition coefficient (Wildman–Crippen LogP) is 4.28. The molecule has 31 heavy (non-hydrogen) atoms. The van der Waals surface area contributed by atoms with Crippen molar-refractivity contribution in [2.45, 2.75) is 33.7 Å². The van der Waals surface area contributed by atoms with E-state index in [1.807, 2.05) is 39.8 Å². The van der Waals surface area contributed by atoms with Gasteiger partial charge in [0.1, 0.15) is 11.8 Å². The predicted molar refractivity (Wildman–Crippen MR) is 119 cm³/mol. The van der Waals surface area contributed by atoms with E-state index in [1.54, 1.807) is 48.8 Å². The first-order valence-corrected chi connectivity index (χ1v) is 10.1. The Morgan fingerprint density at radius 2 is 1.65 bits per heavy atom. The highest BCUT2D eigenvalue weighted by Crippen LogP contribution is 2.24. The van der Waals surface area contributed by atoms with Gasteiger partial charge in [-0.15, -0.1) is 0 Å². The lowest BCUT2D eigenvalue weighted by Crippen LogP contribution is -2.47. The maximum Gasteiger partial charge on any atom is 0.321 e. The SMILES string of the molecule is Cc1ccc(C(=O)NC(C(=O)Nc2ccc(Oc3ncccn3)cc2C)C(C)C)cc1. The number of hydrogen-bond donors (Lipinski definition) is 2. The summed E-state index contributed by atoms with van der Waals surface area (Å²) in [5.41, 5.74) is 3.04. The standard InChI is InChI=1S/C24H26N4O3/c1-15(2)21(28-22(29)18-8-6-16(3)7-9-18)23(30)27-20-11-10-19(14-17(20)4)31-24-25-12-5-13-26-24/h5-15,21H,1-4H3,(H,27,30)(H,28,29). The normalized spacial score (nSPS) is 11.6. The fraction of sp³-hybridized carbons (Fsp3) is 0.250. The average molecular weight is 418 g/mol. The van der Waals surface area contributed by atoms with Crippen molar-refractivity contribution in [1.29, 1.82) is 0 Å². The molecule has 0 aliphatic heterocycles. The van der Waals surface area contributed by atoms with E-state index in [4.69, 9.17) is 4.74 Å². The highest BCUT2D eigenvalue weighted by molar-refractivity contribution is 6.01. The number of carbonyl (C=O) groups excluding carboxylic acids is 2. The summed E-state index contributed by atoms with van der Waals surface area (Å²) in [6.07, 6.45) is 3.20. The van der Waals surface area contributed by atoms with E-state index in [9.17, 15) is 9.59 Å². The van der Waals surface area contributed by atoms with Crippen LogP contribution in [0.15, 0.2) is 60.9 Å². The molecule has 2 amide bonds. The first-order chi connectivity index (χ1) is 14.8. The largest absolute Gasteiger partial charge is 0.424 e. The van der Waals surface area contributed by atoms with Crippen LogP contribution < -0.4 is 15.4 Å². The first-order valence-electron chi connectivity index (χ1n) is 10.1. The van der Waals surface area contributed by atoms with Crippen LogP contribution in [0.25, 0.3) is 0 Å². The van der Waals surface area contributed by atoms with Crippen molar-refractivity contribution in [1.82, 2.24) is 15.3 Å². The van der Waals surface area contributed by atoms with Gasteiger partial charge >= 0.3 is 6.01 Å². The van der Waals surface area contributed by atoms with E-state index in [-0.39, 0.29) is 23.7 Å². The molecule has 7 heteroatoms. The zero-order chi connectivity index (χ0) is 22.4. The summed E-state index contributed by atoms with van der Waals surface area (Å²) >= 11 is 0. The van der Waals surface area contributed by atoms with Crippen LogP contribution in [0.3, 0.4) is 0 Å². The monoisotopic (exact) mass is 418 g/mol. The average Bonchev–Trinajstić information content (AvgIpc) is 2.74. The highest BCUT2D eigenvalue weighted by Gasteiger charge is 2.25. The summed E-state index contributed by atoms with van der Waals surface area (Å²) < 4.78 is 5.62. The Labute approximate surface area is 181 Å². The maximum atomic E-state index is 12.9. The zero-order valence-electron chi connectivity index (χ0n) is 18.0. The number of hydrogen-bond acceptors (Lipinski definition) is 5. The van der Waals surface area contributed by atoms with Gasteiger partial charge in [0.25, 0.3) is 5.91 Å². The Hall–Kier alpha value is -3.74. The van der Waals surface area contributed by atoms with Crippen LogP contribution in [-0.2, 0) is 4.79 Å². The molecular formula is C24H26N4O3. The number of ether oxygens (including phenoxy) is 1. The molecule has 160 valence electrons. The summed E-state index contributed by atoms with van der Waals surface area (Å²) in [6.45, 7) is 7.60. The van der Waals surface area contributed by atoms with Gasteiger partial charge in [-0.2, -0.15) is 0 Å². The number of nitrogens with one attached hydrogen (secondary N) is 2. The van der Waals surface area contributed by atoms with E-state index in [0.717, 1.165) is 11.1 Å². The van der Waals surface area contributed by atoms with Gasteiger partial charge in [0, 0.05) is 23.6 Å². The molecule has 2 N–H and O–H groups in total. The molecule has 7 nitrogen and oxygen atoms in total. The Bertz CT molecular complexity index is 1050. The third-order valence-corrected chi connectivity index (χ3v) is 4.76. The molecule has 3 aromatic rings. The number of rotatable bonds is 7. The van der Waals surface area contributed by atoms with Gasteiger partial charge in [-0.05, 0) is 61.7 Å². The van der Waals surface area contributed by atoms with E-state index in [1.165, 1.54) is 0 Å². The maximum absolute atomic E-state index is 12.9. The number of anilines is 1. The Kier molecular flexibility index (Phi) is 6.97. The number of carbonyl (C=O) groups is 2. The van der Waals surface area contributed by atoms with Crippen LogP contribution in [0.5, 0.6) is 11.8 Å². The Morgan fingerprint density at radius 3 is 2.26 bits per heavy atom. The second-order valence-corrected chi connectivity index (χ2v) is 7.66. The number of aromatic nitrogens is 2. The van der Waals surface area contributed by atoms with Crippen LogP contribution in [0, 0.1) is 19.8 Å². The van der Waals surface area contributed by atoms with E-state index in [0.29, 0.717) is 17.0 Å². The van der Waals surface area contributed by atoms with Gasteiger partial charge in [-0.1, -0.05) is 31.5 Å². The molecule has 0 radical (unpaired) electrons. The molecule has 1 unspecified atom stereocenters. The van der Waals surface area contributed by atoms with Crippen molar-refractivity contribution in [3.8, 4) is 11.8 Å². The minimum absolute atomic E-state index is 0.0902. The topological polar surface area (TPSA) is 93.2 Å². The summed E-state index contributed by atoms with van der Waals surface area (Å²) in [4.78, 5) is 33.6. The van der Waals surface area contributed by atoms with Crippen molar-refractivity contribution >= 4 is 17.5 Å². The second-order valence-electron chi connectivity index (χ2n) is 7.66. The van der Waals surface area contributed by atoms with Gasteiger partial charge in [0.2, 0.25) is 5.91 Å². The van der Waals surface area contributed by atoms with Gasteiger partial charge in [-0.3, -0.25) is 9.59 Å². The lowest BCUT2D eigenvalue weighted by atomic mass is 10.0. The molecule has 0 spiro atoms. The Balaban J connectivity index is 1.68. The third-order valence-electron chi connectivity index (χ3n) is 4.76. The van der Waals surface area contributed by atoms with Gasteiger partial charge < -0.3 is 15.4 Å². The molecule has 1 aromatic heterocycles. The minimum Gasteiger partial charge on any atom is -0.424 e. The fourth-order valence-electron chi connectivity index (χ4n) is 2.96. The fourth-order valence-corrected chi connectivity index (χ4v) is 2.96. The molecule has 3 rings (SSSR count). The smallest absolute Gasteiger partial charge is 0.321 e. The molecule has 0 saturated carbocycles. The second kappa shape index (κ2) is 9.84. The summed E-state index contributed by atoms with van der Waals surface area (Å²) in [5, 5.41) is 5.75. The van der Waals surface area contributed by atoms with Gasteiger partial charge in [-0.25, -0.2) is 9.97 Å². The van der Waals surface area contributed by atoms with Crippen LogP contribution in [0.4, 0.5) is 5.69 Å². The summed E-state index contributed by atoms with van der Waals surface area (Å²) in [7, 11) is 0. The molecule has 1 atom stereocenters. The molecule has 0 aliphatic rings. The van der Waals surface area contributed by atoms with Crippen molar-refractivity contribution in [2.75, 3.05) is 5.32 Å². The van der Waals surface area contributed by atoms with Crippen LogP contribution in [0.2, 0.25) is 0 Å². The molecule has 2 aromatic carbocycles. The number of nitrogens with zero attached hydrogens (tertiary/aromatic N) is 2. The van der Waals surface area contributed by atoms with E-state index in [2.05, 4.69) is 20.6 Å². The van der Waals surface area contributed by atoms with E-state index < -0.39 is 6.04 Å². The number of aryl methyl sites for hydroxylation is 2. The van der Waals surface area contributed by atoms with Gasteiger partial charge in [0.05, 0.1) is 0 Å². The number of amides is 2. The van der Waals surface area contributed by atoms with Crippen LogP contribution in [0.1, 0.15) is 35.3 Å². The molecule has 0 bridgehead atoms. The van der Waals surface area contributed by atoms with Crippen molar-refractivity contribution in [2.24, 2.45) is 5.92 Å². The zero-order valence-corrected chi connectivity index (χ0v) is 18.0. The van der Waals surface area contributed by atoms with Crippen LogP contribution in [-0.4, -0.2) is 27.8 Å². The molecular weight excluding hydrogens is 392 g/mol. The summed E-state index contributed by atoms with van der Waals surface area (Å²) in [6, 6.07) is 13.8. The Morgan fingerprint density at radius 1 is 0.968 bits per heavy atom. The van der Waals surface area contributed by atoms with Crippen molar-refractivity contribution < 1.29 is 14.3 Å². The third kappa shape index (κ3) is 5.88. The molecule has 0 fully saturated rings. The lowest BCUT2D eigenvalue weighted by molar-refractivity contribution is -0.118. The quantitative estimate of drug-likeness (QED) is 0.597. The first kappa shape index (κ1) is 22.0. The van der Waals surface area contributed by atoms with Crippen molar-refractivity contribution in [3.05, 3.63) is 77.6 Å². The molecule has 0 saturated heterocycles. The highest BCUT2D eigenvalue weighted by atomic mass is 16.5. The molecule has 1 heterocycles. The number of benzene rings is 2. The van der Waals surface area contributed by atoms with E-state index >= 15 is 0 Å². The van der Waals surface area contributed by atoms with Crippen LogP contribution >= 0.6 is 0 Å². The minimum atomic E-state index is -0.679. The summed E-state index contributed by atoms with van der Waals surface area (Å²) in [5.74, 6) is -0.0851. The van der Waals surface area contributed by atoms with Crippen molar-refractivity contribution in [3.63, 3.8) is 0 Å². The van der Waals surface area contributed by atoms with Gasteiger partial charge in [0.15, 0.2) is 0 Å². The molecule has 0 aliphatic carbocycles.